The summed E-state index contributed by atoms with van der Waals surface area (Å²) in [7, 11) is 2.09. The fourth-order valence-corrected chi connectivity index (χ4v) is 2.09. The molecule has 0 aliphatic carbocycles. The van der Waals surface area contributed by atoms with Crippen molar-refractivity contribution in [3.63, 3.8) is 0 Å². The second-order valence-electron chi connectivity index (χ2n) is 3.98. The van der Waals surface area contributed by atoms with Crippen molar-refractivity contribution in [1.82, 2.24) is 0 Å². The van der Waals surface area contributed by atoms with Crippen LogP contribution >= 0.6 is 0 Å². The van der Waals surface area contributed by atoms with Crippen LogP contribution in [0.15, 0.2) is 66.4 Å². The van der Waals surface area contributed by atoms with E-state index >= 15 is 0 Å². The summed E-state index contributed by atoms with van der Waals surface area (Å²) in [6, 6.07) is 8.39. The Morgan fingerprint density at radius 3 is 2.65 bits per heavy atom. The van der Waals surface area contributed by atoms with Gasteiger partial charge >= 0.3 is 0 Å². The number of para-hydroxylation sites is 1. The molecule has 1 aromatic carbocycles. The predicted octanol–water partition coefficient (Wildman–Crippen LogP) is 4.17. The molecular formula is C16H17N. The molecule has 0 N–H and O–H groups in total. The third kappa shape index (κ3) is 2.09. The summed E-state index contributed by atoms with van der Waals surface area (Å²) in [5, 5.41) is 0. The van der Waals surface area contributed by atoms with Crippen molar-refractivity contribution in [2.75, 3.05) is 11.9 Å². The lowest BCUT2D eigenvalue weighted by Gasteiger charge is -2.23. The van der Waals surface area contributed by atoms with Gasteiger partial charge in [-0.1, -0.05) is 49.1 Å². The highest BCUT2D eigenvalue weighted by molar-refractivity contribution is 5.76. The molecule has 0 atom stereocenters. The molecule has 1 aromatic rings. The molecule has 1 aliphatic rings. The van der Waals surface area contributed by atoms with Gasteiger partial charge in [-0.25, -0.2) is 0 Å². The summed E-state index contributed by atoms with van der Waals surface area (Å²) in [6.07, 6.45) is 10.3. The van der Waals surface area contributed by atoms with E-state index in [1.54, 1.807) is 0 Å². The van der Waals surface area contributed by atoms with Crippen molar-refractivity contribution in [1.29, 1.82) is 0 Å². The summed E-state index contributed by atoms with van der Waals surface area (Å²) in [5.41, 5.74) is 4.84. The van der Waals surface area contributed by atoms with Gasteiger partial charge in [-0.15, -0.1) is 0 Å². The number of benzene rings is 1. The van der Waals surface area contributed by atoms with Gasteiger partial charge in [0.15, 0.2) is 0 Å². The zero-order valence-electron chi connectivity index (χ0n) is 10.4. The highest BCUT2D eigenvalue weighted by atomic mass is 15.1. The fraction of sp³-hybridized carbons (Fsp3) is 0.125. The van der Waals surface area contributed by atoms with Gasteiger partial charge in [-0.2, -0.15) is 0 Å². The Balaban J connectivity index is 2.62. The van der Waals surface area contributed by atoms with Crippen LogP contribution < -0.4 is 4.90 Å². The van der Waals surface area contributed by atoms with Crippen molar-refractivity contribution < 1.29 is 0 Å². The molecule has 86 valence electrons. The lowest BCUT2D eigenvalue weighted by Crippen LogP contribution is -2.17. The zero-order chi connectivity index (χ0) is 12.3. The number of allylic oxidation sites excluding steroid dienone is 4. The van der Waals surface area contributed by atoms with Crippen LogP contribution in [0.5, 0.6) is 0 Å². The minimum absolute atomic E-state index is 1.17. The molecule has 1 nitrogen and oxygen atoms in total. The molecule has 0 fully saturated rings. The summed E-state index contributed by atoms with van der Waals surface area (Å²) in [4.78, 5) is 2.20. The van der Waals surface area contributed by atoms with Crippen LogP contribution in [-0.4, -0.2) is 7.05 Å². The summed E-state index contributed by atoms with van der Waals surface area (Å²) >= 11 is 0. The number of fused-ring (bicyclic) bond motifs is 1. The molecule has 0 unspecified atom stereocenters. The Hall–Kier alpha value is -2.02. The van der Waals surface area contributed by atoms with Gasteiger partial charge in [0.2, 0.25) is 0 Å². The Morgan fingerprint density at radius 1 is 1.18 bits per heavy atom. The van der Waals surface area contributed by atoms with Crippen LogP contribution in [0.2, 0.25) is 0 Å². The maximum Gasteiger partial charge on any atom is 0.0481 e. The van der Waals surface area contributed by atoms with Gasteiger partial charge in [-0.05, 0) is 30.2 Å². The van der Waals surface area contributed by atoms with E-state index in [-0.39, 0.29) is 0 Å². The van der Waals surface area contributed by atoms with E-state index in [4.69, 9.17) is 0 Å². The van der Waals surface area contributed by atoms with Crippen LogP contribution in [0.3, 0.4) is 0 Å². The number of hydrogen-bond donors (Lipinski definition) is 0. The first-order valence-electron chi connectivity index (χ1n) is 5.78. The van der Waals surface area contributed by atoms with Crippen molar-refractivity contribution in [3.8, 4) is 0 Å². The molecule has 0 amide bonds. The van der Waals surface area contributed by atoms with Crippen LogP contribution in [0.25, 0.3) is 6.08 Å². The Bertz CT molecular complexity index is 518. The van der Waals surface area contributed by atoms with E-state index in [1.807, 2.05) is 12.2 Å². The molecule has 0 radical (unpaired) electrons. The van der Waals surface area contributed by atoms with Crippen molar-refractivity contribution in [3.05, 3.63) is 72.0 Å². The lowest BCUT2D eigenvalue weighted by molar-refractivity contribution is 1.12. The maximum absolute atomic E-state index is 3.79. The second-order valence-corrected chi connectivity index (χ2v) is 3.98. The predicted molar refractivity (Wildman–Crippen MR) is 75.9 cm³/mol. The van der Waals surface area contributed by atoms with Crippen LogP contribution in [0, 0.1) is 0 Å². The molecule has 1 aliphatic heterocycles. The molecule has 0 spiro atoms. The highest BCUT2D eigenvalue weighted by Gasteiger charge is 2.14. The van der Waals surface area contributed by atoms with Crippen molar-refractivity contribution in [2.24, 2.45) is 0 Å². The highest BCUT2D eigenvalue weighted by Crippen LogP contribution is 2.31. The minimum atomic E-state index is 1.17. The number of likely N-dealkylation sites (N-methyl/N-ethyl adjacent to an activating group) is 1. The summed E-state index contributed by atoms with van der Waals surface area (Å²) < 4.78 is 0. The fourth-order valence-electron chi connectivity index (χ4n) is 2.09. The first-order chi connectivity index (χ1) is 8.27. The third-order valence-corrected chi connectivity index (χ3v) is 2.98. The van der Waals surface area contributed by atoms with E-state index in [0.29, 0.717) is 0 Å². The number of hydrogen-bond acceptors (Lipinski definition) is 1. The van der Waals surface area contributed by atoms with E-state index in [2.05, 4.69) is 67.9 Å². The van der Waals surface area contributed by atoms with Crippen LogP contribution in [0.4, 0.5) is 5.69 Å². The van der Waals surface area contributed by atoms with Gasteiger partial charge < -0.3 is 4.90 Å². The summed E-state index contributed by atoms with van der Waals surface area (Å²) in [6.45, 7) is 5.85. The monoisotopic (exact) mass is 223 g/mol. The molecule has 1 heteroatoms. The second kappa shape index (κ2) is 4.88. The van der Waals surface area contributed by atoms with Gasteiger partial charge in [0.1, 0.15) is 0 Å². The van der Waals surface area contributed by atoms with Crippen molar-refractivity contribution >= 4 is 11.8 Å². The van der Waals surface area contributed by atoms with Gasteiger partial charge in [-0.3, -0.25) is 0 Å². The first kappa shape index (κ1) is 11.5. The smallest absolute Gasteiger partial charge is 0.0481 e. The molecule has 0 bridgehead atoms. The molecule has 1 heterocycles. The maximum atomic E-state index is 3.79. The quantitative estimate of drug-likeness (QED) is 0.690. The van der Waals surface area contributed by atoms with E-state index in [1.165, 1.54) is 22.5 Å². The SMILES string of the molecule is C=C/C=C1\C(=C/C)C=Cc2ccccc2N1C. The molecule has 0 aromatic heterocycles. The topological polar surface area (TPSA) is 3.24 Å². The number of rotatable bonds is 1. The normalized spacial score (nSPS) is 19.3. The van der Waals surface area contributed by atoms with E-state index < -0.39 is 0 Å². The molecule has 2 rings (SSSR count). The average Bonchev–Trinajstić information content (AvgIpc) is 2.49. The molecule has 0 saturated carbocycles. The Kier molecular flexibility index (Phi) is 3.29. The molecular weight excluding hydrogens is 206 g/mol. The Labute approximate surface area is 103 Å². The standard InChI is InChI=1S/C16H17N/c1-4-8-15-13(5-2)11-12-14-9-6-7-10-16(14)17(15)3/h4-12H,1H2,2-3H3/b13-5-,15-8+. The van der Waals surface area contributed by atoms with Gasteiger partial charge in [0.25, 0.3) is 0 Å². The molecule has 17 heavy (non-hydrogen) atoms. The summed E-state index contributed by atoms with van der Waals surface area (Å²) in [5.74, 6) is 0. The van der Waals surface area contributed by atoms with E-state index in [0.717, 1.165) is 0 Å². The first-order valence-corrected chi connectivity index (χ1v) is 5.78. The Morgan fingerprint density at radius 2 is 1.94 bits per heavy atom. The molecule has 0 saturated heterocycles. The van der Waals surface area contributed by atoms with Crippen LogP contribution in [-0.2, 0) is 0 Å². The van der Waals surface area contributed by atoms with Crippen molar-refractivity contribution in [2.45, 2.75) is 6.92 Å². The number of anilines is 1. The zero-order valence-corrected chi connectivity index (χ0v) is 10.4. The van der Waals surface area contributed by atoms with Gasteiger partial charge in [0, 0.05) is 18.4 Å². The third-order valence-electron chi connectivity index (χ3n) is 2.98. The van der Waals surface area contributed by atoms with E-state index in [9.17, 15) is 0 Å². The average molecular weight is 223 g/mol. The minimum Gasteiger partial charge on any atom is -0.344 e. The lowest BCUT2D eigenvalue weighted by atomic mass is 10.1. The van der Waals surface area contributed by atoms with Gasteiger partial charge in [0.05, 0.1) is 0 Å². The number of nitrogens with zero attached hydrogens (tertiary/aromatic N) is 1. The van der Waals surface area contributed by atoms with Crippen LogP contribution in [0.1, 0.15) is 12.5 Å². The largest absolute Gasteiger partial charge is 0.344 e.